The van der Waals surface area contributed by atoms with Crippen molar-refractivity contribution in [3.8, 4) is 0 Å². The Hall–Kier alpha value is -3.07. The van der Waals surface area contributed by atoms with E-state index in [0.717, 1.165) is 16.3 Å². The van der Waals surface area contributed by atoms with Gasteiger partial charge in [-0.1, -0.05) is 78.7 Å². The lowest BCUT2D eigenvalue weighted by Gasteiger charge is -2.32. The van der Waals surface area contributed by atoms with Gasteiger partial charge in [0.1, 0.15) is 12.6 Å². The monoisotopic (exact) mass is 575 g/mol. The van der Waals surface area contributed by atoms with E-state index in [1.54, 1.807) is 25.1 Å². The van der Waals surface area contributed by atoms with Crippen molar-refractivity contribution in [2.45, 2.75) is 37.6 Å². The summed E-state index contributed by atoms with van der Waals surface area (Å²) in [5.74, 6) is -0.846. The normalized spacial score (nSPS) is 12.0. The quantitative estimate of drug-likeness (QED) is 0.322. The fourth-order valence-electron chi connectivity index (χ4n) is 3.88. The van der Waals surface area contributed by atoms with Crippen molar-refractivity contribution < 1.29 is 18.0 Å². The summed E-state index contributed by atoms with van der Waals surface area (Å²) in [4.78, 5) is 28.1. The van der Waals surface area contributed by atoms with Crippen LogP contribution in [0.4, 0.5) is 5.69 Å². The van der Waals surface area contributed by atoms with Gasteiger partial charge in [0, 0.05) is 18.1 Å². The molecule has 38 heavy (non-hydrogen) atoms. The Balaban J connectivity index is 1.98. The van der Waals surface area contributed by atoms with Crippen molar-refractivity contribution in [1.29, 1.82) is 0 Å². The van der Waals surface area contributed by atoms with Crippen molar-refractivity contribution in [1.82, 2.24) is 10.2 Å². The SMILES string of the molecule is CCCNC(=O)C(C)N(CCc1ccccc1)C(=O)CN(c1ccc(Cl)cc1Cl)S(=O)(=O)c1ccccc1. The first-order chi connectivity index (χ1) is 18.1. The van der Waals surface area contributed by atoms with Crippen LogP contribution >= 0.6 is 23.2 Å². The molecule has 0 saturated carbocycles. The highest BCUT2D eigenvalue weighted by Gasteiger charge is 2.33. The topological polar surface area (TPSA) is 86.8 Å². The first-order valence-electron chi connectivity index (χ1n) is 12.3. The van der Waals surface area contributed by atoms with Crippen LogP contribution in [0.25, 0.3) is 0 Å². The average Bonchev–Trinajstić information content (AvgIpc) is 2.91. The molecular weight excluding hydrogens is 545 g/mol. The molecule has 0 aliphatic carbocycles. The molecule has 3 aromatic rings. The Kier molecular flexibility index (Phi) is 10.6. The van der Waals surface area contributed by atoms with Gasteiger partial charge in [-0.25, -0.2) is 8.42 Å². The molecule has 0 saturated heterocycles. The minimum atomic E-state index is -4.19. The molecule has 0 fully saturated rings. The summed E-state index contributed by atoms with van der Waals surface area (Å²) in [7, 11) is -4.19. The van der Waals surface area contributed by atoms with E-state index in [0.29, 0.717) is 18.0 Å². The summed E-state index contributed by atoms with van der Waals surface area (Å²) in [6.07, 6.45) is 1.24. The molecule has 10 heteroatoms. The zero-order chi connectivity index (χ0) is 27.7. The van der Waals surface area contributed by atoms with E-state index in [9.17, 15) is 18.0 Å². The molecular formula is C28H31Cl2N3O4S. The van der Waals surface area contributed by atoms with E-state index >= 15 is 0 Å². The Morgan fingerprint density at radius 1 is 0.947 bits per heavy atom. The lowest BCUT2D eigenvalue weighted by molar-refractivity contribution is -0.138. The van der Waals surface area contributed by atoms with Gasteiger partial charge < -0.3 is 10.2 Å². The van der Waals surface area contributed by atoms with Crippen molar-refractivity contribution in [3.63, 3.8) is 0 Å². The van der Waals surface area contributed by atoms with Crippen LogP contribution in [0.15, 0.2) is 83.8 Å². The predicted molar refractivity (Wildman–Crippen MR) is 152 cm³/mol. The predicted octanol–water partition coefficient (Wildman–Crippen LogP) is 5.17. The number of amides is 2. The van der Waals surface area contributed by atoms with E-state index in [-0.39, 0.29) is 28.1 Å². The Morgan fingerprint density at radius 2 is 1.58 bits per heavy atom. The number of benzene rings is 3. The maximum atomic E-state index is 13.8. The van der Waals surface area contributed by atoms with Crippen molar-refractivity contribution in [2.24, 2.45) is 0 Å². The zero-order valence-corrected chi connectivity index (χ0v) is 23.6. The van der Waals surface area contributed by atoms with E-state index in [2.05, 4.69) is 5.32 Å². The van der Waals surface area contributed by atoms with E-state index < -0.39 is 28.5 Å². The molecule has 0 spiro atoms. The Bertz CT molecular complexity index is 1340. The zero-order valence-electron chi connectivity index (χ0n) is 21.3. The van der Waals surface area contributed by atoms with Crippen LogP contribution in [-0.4, -0.2) is 50.8 Å². The first kappa shape index (κ1) is 29.5. The highest BCUT2D eigenvalue weighted by molar-refractivity contribution is 7.92. The number of anilines is 1. The summed E-state index contributed by atoms with van der Waals surface area (Å²) in [6.45, 7) is 3.71. The minimum Gasteiger partial charge on any atom is -0.354 e. The van der Waals surface area contributed by atoms with Crippen molar-refractivity contribution >= 4 is 50.7 Å². The summed E-state index contributed by atoms with van der Waals surface area (Å²) in [5, 5.41) is 3.23. The molecule has 7 nitrogen and oxygen atoms in total. The van der Waals surface area contributed by atoms with Gasteiger partial charge in [0.2, 0.25) is 11.8 Å². The second-order valence-electron chi connectivity index (χ2n) is 8.71. The van der Waals surface area contributed by atoms with Crippen LogP contribution in [-0.2, 0) is 26.0 Å². The number of nitrogens with one attached hydrogen (secondary N) is 1. The number of nitrogens with zero attached hydrogens (tertiary/aromatic N) is 2. The van der Waals surface area contributed by atoms with Crippen molar-refractivity contribution in [2.75, 3.05) is 23.9 Å². The Morgan fingerprint density at radius 3 is 2.18 bits per heavy atom. The van der Waals surface area contributed by atoms with Gasteiger partial charge in [0.15, 0.2) is 0 Å². The molecule has 1 N–H and O–H groups in total. The van der Waals surface area contributed by atoms with Crippen LogP contribution in [0.1, 0.15) is 25.8 Å². The van der Waals surface area contributed by atoms with Crippen molar-refractivity contribution in [3.05, 3.63) is 94.5 Å². The highest BCUT2D eigenvalue weighted by atomic mass is 35.5. The fraction of sp³-hybridized carbons (Fsp3) is 0.286. The third kappa shape index (κ3) is 7.49. The standard InChI is InChI=1S/C28H31Cl2N3O4S/c1-3-17-31-28(35)21(2)32(18-16-22-10-6-4-7-11-22)27(34)20-33(26-15-14-23(29)19-25(26)30)38(36,37)24-12-8-5-9-13-24/h4-15,19,21H,3,16-18,20H2,1-2H3,(H,31,35). The molecule has 2 amide bonds. The summed E-state index contributed by atoms with van der Waals surface area (Å²) in [6, 6.07) is 20.9. The van der Waals surface area contributed by atoms with E-state index in [1.165, 1.54) is 35.2 Å². The number of carbonyl (C=O) groups excluding carboxylic acids is 2. The van der Waals surface area contributed by atoms with Crippen LogP contribution in [0.2, 0.25) is 10.0 Å². The van der Waals surface area contributed by atoms with E-state index in [1.807, 2.05) is 37.3 Å². The van der Waals surface area contributed by atoms with Gasteiger partial charge in [-0.15, -0.1) is 0 Å². The molecule has 0 aliphatic rings. The number of rotatable bonds is 12. The molecule has 0 heterocycles. The second kappa shape index (κ2) is 13.6. The molecule has 0 bridgehead atoms. The van der Waals surface area contributed by atoms with Crippen LogP contribution in [0.3, 0.4) is 0 Å². The number of carbonyl (C=O) groups is 2. The molecule has 1 unspecified atom stereocenters. The summed E-state index contributed by atoms with van der Waals surface area (Å²) >= 11 is 12.5. The maximum Gasteiger partial charge on any atom is 0.264 e. The smallest absolute Gasteiger partial charge is 0.264 e. The summed E-state index contributed by atoms with van der Waals surface area (Å²) < 4.78 is 28.4. The maximum absolute atomic E-state index is 13.8. The molecule has 1 atom stereocenters. The number of hydrogen-bond donors (Lipinski definition) is 1. The van der Waals surface area contributed by atoms with Gasteiger partial charge >= 0.3 is 0 Å². The van der Waals surface area contributed by atoms with Crippen LogP contribution in [0, 0.1) is 0 Å². The largest absolute Gasteiger partial charge is 0.354 e. The molecule has 0 aromatic heterocycles. The van der Waals surface area contributed by atoms with Crippen LogP contribution in [0.5, 0.6) is 0 Å². The molecule has 0 aliphatic heterocycles. The lowest BCUT2D eigenvalue weighted by atomic mass is 10.1. The van der Waals surface area contributed by atoms with Gasteiger partial charge in [-0.3, -0.25) is 13.9 Å². The van der Waals surface area contributed by atoms with Gasteiger partial charge in [-0.05, 0) is 55.7 Å². The molecule has 3 aromatic carbocycles. The minimum absolute atomic E-state index is 0.00314. The van der Waals surface area contributed by atoms with Gasteiger partial charge in [0.25, 0.3) is 10.0 Å². The number of sulfonamides is 1. The van der Waals surface area contributed by atoms with Gasteiger partial charge in [-0.2, -0.15) is 0 Å². The molecule has 0 radical (unpaired) electrons. The summed E-state index contributed by atoms with van der Waals surface area (Å²) in [5.41, 5.74) is 1.10. The molecule has 3 rings (SSSR count). The second-order valence-corrected chi connectivity index (χ2v) is 11.4. The average molecular weight is 577 g/mol. The fourth-order valence-corrected chi connectivity index (χ4v) is 5.90. The van der Waals surface area contributed by atoms with Crippen LogP contribution < -0.4 is 9.62 Å². The third-order valence-electron chi connectivity index (χ3n) is 5.99. The number of hydrogen-bond acceptors (Lipinski definition) is 4. The number of halogens is 2. The van der Waals surface area contributed by atoms with E-state index in [4.69, 9.17) is 23.2 Å². The third-order valence-corrected chi connectivity index (χ3v) is 8.30. The highest BCUT2D eigenvalue weighted by Crippen LogP contribution is 2.32. The lowest BCUT2D eigenvalue weighted by Crippen LogP contribution is -2.52. The molecule has 202 valence electrons. The first-order valence-corrected chi connectivity index (χ1v) is 14.5. The van der Waals surface area contributed by atoms with Gasteiger partial charge in [0.05, 0.1) is 15.6 Å². The Labute approximate surface area is 234 Å².